The van der Waals surface area contributed by atoms with E-state index in [0.29, 0.717) is 42.7 Å². The van der Waals surface area contributed by atoms with E-state index in [9.17, 15) is 14.3 Å². The number of aliphatic hydroxyl groups excluding tert-OH is 1. The number of aliphatic hydroxyl groups is 1. The number of hydrogen-bond acceptors (Lipinski definition) is 4. The minimum Gasteiger partial charge on any atom is -0.396 e. The van der Waals surface area contributed by atoms with Gasteiger partial charge in [0.25, 0.3) is 0 Å². The van der Waals surface area contributed by atoms with Crippen molar-refractivity contribution in [2.45, 2.75) is 19.4 Å². The van der Waals surface area contributed by atoms with Crippen molar-refractivity contribution in [3.05, 3.63) is 34.6 Å². The van der Waals surface area contributed by atoms with Crippen molar-refractivity contribution in [3.8, 4) is 0 Å². The molecular weight excluding hydrogens is 357 g/mol. The molecule has 0 unspecified atom stereocenters. The number of benzene rings is 1. The zero-order valence-electron chi connectivity index (χ0n) is 15.0. The number of hydrogen-bond donors (Lipinski definition) is 1. The maximum atomic E-state index is 13.9. The van der Waals surface area contributed by atoms with E-state index >= 15 is 0 Å². The fourth-order valence-corrected chi connectivity index (χ4v) is 3.90. The van der Waals surface area contributed by atoms with Crippen molar-refractivity contribution in [2.24, 2.45) is 5.92 Å². The number of piperidine rings is 1. The van der Waals surface area contributed by atoms with Crippen LogP contribution in [0.1, 0.15) is 18.4 Å². The van der Waals surface area contributed by atoms with Crippen LogP contribution >= 0.6 is 11.6 Å². The van der Waals surface area contributed by atoms with Gasteiger partial charge in [-0.15, -0.1) is 0 Å². The molecule has 2 heterocycles. The molecule has 1 aromatic rings. The van der Waals surface area contributed by atoms with Crippen LogP contribution in [0.2, 0.25) is 5.02 Å². The zero-order chi connectivity index (χ0) is 18.5. The summed E-state index contributed by atoms with van der Waals surface area (Å²) < 4.78 is 13.9. The molecule has 26 heavy (non-hydrogen) atoms. The predicted molar refractivity (Wildman–Crippen MR) is 99.5 cm³/mol. The highest BCUT2D eigenvalue weighted by molar-refractivity contribution is 6.31. The lowest BCUT2D eigenvalue weighted by atomic mass is 9.98. The summed E-state index contributed by atoms with van der Waals surface area (Å²) in [6.07, 6.45) is 1.92. The predicted octanol–water partition coefficient (Wildman–Crippen LogP) is 1.83. The number of piperazine rings is 1. The molecule has 0 aliphatic carbocycles. The maximum Gasteiger partial charge on any atom is 0.236 e. The van der Waals surface area contributed by atoms with E-state index in [1.807, 2.05) is 4.90 Å². The molecular formula is C19H27ClFN3O2. The van der Waals surface area contributed by atoms with Crippen molar-refractivity contribution in [3.63, 3.8) is 0 Å². The van der Waals surface area contributed by atoms with Gasteiger partial charge in [0.1, 0.15) is 5.82 Å². The van der Waals surface area contributed by atoms with Gasteiger partial charge in [0.15, 0.2) is 0 Å². The Hall–Kier alpha value is -1.21. The van der Waals surface area contributed by atoms with Gasteiger partial charge in [-0.1, -0.05) is 17.7 Å². The number of halogens is 2. The topological polar surface area (TPSA) is 47.0 Å². The summed E-state index contributed by atoms with van der Waals surface area (Å²) in [5.41, 5.74) is 0.528. The molecule has 144 valence electrons. The van der Waals surface area contributed by atoms with E-state index in [1.54, 1.807) is 12.1 Å². The molecule has 0 spiro atoms. The van der Waals surface area contributed by atoms with Crippen molar-refractivity contribution >= 4 is 17.5 Å². The molecule has 0 radical (unpaired) electrons. The van der Waals surface area contributed by atoms with Crippen molar-refractivity contribution in [1.82, 2.24) is 14.7 Å². The first-order chi connectivity index (χ1) is 12.6. The van der Waals surface area contributed by atoms with Crippen LogP contribution in [-0.4, -0.2) is 78.1 Å². The molecule has 3 rings (SSSR count). The highest BCUT2D eigenvalue weighted by Gasteiger charge is 2.25. The van der Waals surface area contributed by atoms with E-state index in [0.717, 1.165) is 39.0 Å². The Bertz CT molecular complexity index is 595. The van der Waals surface area contributed by atoms with Gasteiger partial charge < -0.3 is 10.0 Å². The summed E-state index contributed by atoms with van der Waals surface area (Å²) in [6.45, 7) is 5.71. The smallest absolute Gasteiger partial charge is 0.236 e. The second kappa shape index (κ2) is 9.13. The molecule has 2 saturated heterocycles. The number of carbonyl (C=O) groups is 1. The standard InChI is InChI=1S/C19H27ClFN3O2/c20-17-2-1-3-18(21)16(17)12-23-8-10-24(11-9-23)19(26)13-22-6-4-15(14-25)5-7-22/h1-3,15,25H,4-14H2. The summed E-state index contributed by atoms with van der Waals surface area (Å²) >= 11 is 6.10. The summed E-state index contributed by atoms with van der Waals surface area (Å²) in [5.74, 6) is 0.272. The molecule has 2 aliphatic rings. The van der Waals surface area contributed by atoms with Gasteiger partial charge in [0, 0.05) is 49.9 Å². The van der Waals surface area contributed by atoms with Crippen LogP contribution in [-0.2, 0) is 11.3 Å². The lowest BCUT2D eigenvalue weighted by Gasteiger charge is -2.37. The lowest BCUT2D eigenvalue weighted by molar-refractivity contribution is -0.134. The van der Waals surface area contributed by atoms with Gasteiger partial charge >= 0.3 is 0 Å². The Morgan fingerprint density at radius 2 is 1.81 bits per heavy atom. The molecule has 0 bridgehead atoms. The summed E-state index contributed by atoms with van der Waals surface area (Å²) in [5, 5.41) is 9.65. The van der Waals surface area contributed by atoms with E-state index in [2.05, 4.69) is 9.80 Å². The van der Waals surface area contributed by atoms with E-state index in [4.69, 9.17) is 11.6 Å². The van der Waals surface area contributed by atoms with Gasteiger partial charge in [0.05, 0.1) is 6.54 Å². The van der Waals surface area contributed by atoms with Crippen LogP contribution in [0.25, 0.3) is 0 Å². The normalized spacial score (nSPS) is 20.5. The summed E-state index contributed by atoms with van der Waals surface area (Å²) in [6, 6.07) is 4.75. The van der Waals surface area contributed by atoms with Crippen molar-refractivity contribution in [2.75, 3.05) is 52.4 Å². The second-order valence-electron chi connectivity index (χ2n) is 7.26. The molecule has 2 fully saturated rings. The minimum absolute atomic E-state index is 0.163. The van der Waals surface area contributed by atoms with Crippen LogP contribution in [0.4, 0.5) is 4.39 Å². The molecule has 0 aromatic heterocycles. The number of nitrogens with zero attached hydrogens (tertiary/aromatic N) is 3. The first-order valence-corrected chi connectivity index (χ1v) is 9.71. The summed E-state index contributed by atoms with van der Waals surface area (Å²) in [4.78, 5) is 18.7. The van der Waals surface area contributed by atoms with Gasteiger partial charge in [0.2, 0.25) is 5.91 Å². The number of amides is 1. The van der Waals surface area contributed by atoms with E-state index in [-0.39, 0.29) is 18.3 Å². The SMILES string of the molecule is O=C(CN1CCC(CO)CC1)N1CCN(Cc2c(F)cccc2Cl)CC1. The maximum absolute atomic E-state index is 13.9. The molecule has 1 aromatic carbocycles. The third-order valence-corrected chi connectivity index (χ3v) is 5.85. The zero-order valence-corrected chi connectivity index (χ0v) is 15.8. The molecule has 1 N–H and O–H groups in total. The fraction of sp³-hybridized carbons (Fsp3) is 0.632. The average molecular weight is 384 g/mol. The highest BCUT2D eigenvalue weighted by atomic mass is 35.5. The van der Waals surface area contributed by atoms with Gasteiger partial charge in [-0.05, 0) is 44.0 Å². The Morgan fingerprint density at radius 3 is 2.42 bits per heavy atom. The third kappa shape index (κ3) is 4.94. The van der Waals surface area contributed by atoms with Gasteiger partial charge in [-0.2, -0.15) is 0 Å². The highest BCUT2D eigenvalue weighted by Crippen LogP contribution is 2.21. The van der Waals surface area contributed by atoms with Crippen LogP contribution in [0, 0.1) is 11.7 Å². The van der Waals surface area contributed by atoms with Crippen molar-refractivity contribution < 1.29 is 14.3 Å². The van der Waals surface area contributed by atoms with E-state index < -0.39 is 0 Å². The minimum atomic E-state index is -0.276. The first kappa shape index (κ1) is 19.5. The van der Waals surface area contributed by atoms with Crippen LogP contribution in [0.3, 0.4) is 0 Å². The Labute approximate surface area is 159 Å². The Balaban J connectivity index is 1.44. The molecule has 5 nitrogen and oxygen atoms in total. The van der Waals surface area contributed by atoms with E-state index in [1.165, 1.54) is 6.07 Å². The first-order valence-electron chi connectivity index (χ1n) is 9.33. The third-order valence-electron chi connectivity index (χ3n) is 5.49. The average Bonchev–Trinajstić information content (AvgIpc) is 2.66. The van der Waals surface area contributed by atoms with Gasteiger partial charge in [-0.3, -0.25) is 14.6 Å². The largest absolute Gasteiger partial charge is 0.396 e. The Morgan fingerprint density at radius 1 is 1.12 bits per heavy atom. The molecule has 7 heteroatoms. The fourth-order valence-electron chi connectivity index (χ4n) is 3.68. The summed E-state index contributed by atoms with van der Waals surface area (Å²) in [7, 11) is 0. The monoisotopic (exact) mass is 383 g/mol. The second-order valence-corrected chi connectivity index (χ2v) is 7.67. The van der Waals surface area contributed by atoms with Crippen LogP contribution < -0.4 is 0 Å². The number of rotatable bonds is 5. The molecule has 1 amide bonds. The molecule has 0 saturated carbocycles. The van der Waals surface area contributed by atoms with Crippen molar-refractivity contribution in [1.29, 1.82) is 0 Å². The van der Waals surface area contributed by atoms with Gasteiger partial charge in [-0.25, -0.2) is 4.39 Å². The molecule has 2 aliphatic heterocycles. The quantitative estimate of drug-likeness (QED) is 0.842. The Kier molecular flexibility index (Phi) is 6.86. The lowest BCUT2D eigenvalue weighted by Crippen LogP contribution is -2.51. The number of likely N-dealkylation sites (tertiary alicyclic amines) is 1. The molecule has 0 atom stereocenters. The van der Waals surface area contributed by atoms with Crippen LogP contribution in [0.15, 0.2) is 18.2 Å². The number of carbonyl (C=O) groups excluding carboxylic acids is 1. The van der Waals surface area contributed by atoms with Crippen LogP contribution in [0.5, 0.6) is 0 Å².